The fourth-order valence-corrected chi connectivity index (χ4v) is 2.63. The molecule has 94 valence electrons. The topological polar surface area (TPSA) is 42.1 Å². The van der Waals surface area contributed by atoms with E-state index in [9.17, 15) is 0 Å². The van der Waals surface area contributed by atoms with Gasteiger partial charge in [-0.2, -0.15) is 0 Å². The first kappa shape index (κ1) is 12.8. The summed E-state index contributed by atoms with van der Waals surface area (Å²) in [6, 6.07) is 1.68. The van der Waals surface area contributed by atoms with Crippen molar-refractivity contribution in [2.24, 2.45) is 0 Å². The van der Waals surface area contributed by atoms with Crippen LogP contribution in [-0.4, -0.2) is 18.1 Å². The highest BCUT2D eigenvalue weighted by Gasteiger charge is 2.15. The number of pyridine rings is 1. The van der Waals surface area contributed by atoms with Gasteiger partial charge < -0.3 is 10.6 Å². The van der Waals surface area contributed by atoms with Crippen LogP contribution in [0.1, 0.15) is 32.1 Å². The lowest BCUT2D eigenvalue weighted by Gasteiger charge is -2.26. The lowest BCUT2D eigenvalue weighted by atomic mass is 10.1. The molecule has 0 spiro atoms. The molecule has 1 saturated heterocycles. The molecule has 0 aliphatic carbocycles. The third-order valence-electron chi connectivity index (χ3n) is 3.09. The van der Waals surface area contributed by atoms with Crippen LogP contribution in [-0.2, 0) is 0 Å². The summed E-state index contributed by atoms with van der Waals surface area (Å²) >= 11 is 12.1. The number of hydrogen-bond donors (Lipinski definition) is 1. The van der Waals surface area contributed by atoms with Crippen molar-refractivity contribution in [3.8, 4) is 0 Å². The maximum atomic E-state index is 6.18. The van der Waals surface area contributed by atoms with Crippen LogP contribution in [0.2, 0.25) is 10.0 Å². The SMILES string of the molecule is Nc1nc(N2CCCCCCC2)c(Cl)cc1Cl. The lowest BCUT2D eigenvalue weighted by Crippen LogP contribution is -2.28. The summed E-state index contributed by atoms with van der Waals surface area (Å²) in [4.78, 5) is 6.52. The molecule has 17 heavy (non-hydrogen) atoms. The van der Waals surface area contributed by atoms with E-state index >= 15 is 0 Å². The van der Waals surface area contributed by atoms with Crippen molar-refractivity contribution in [3.63, 3.8) is 0 Å². The summed E-state index contributed by atoms with van der Waals surface area (Å²) in [6.07, 6.45) is 6.24. The van der Waals surface area contributed by atoms with Crippen molar-refractivity contribution in [2.45, 2.75) is 32.1 Å². The van der Waals surface area contributed by atoms with Crippen molar-refractivity contribution in [1.29, 1.82) is 0 Å². The standard InChI is InChI=1S/C12H17Cl2N3/c13-9-8-10(14)12(16-11(9)15)17-6-4-2-1-3-5-7-17/h8H,1-7H2,(H2,15,16). The molecule has 0 radical (unpaired) electrons. The number of aromatic nitrogens is 1. The van der Waals surface area contributed by atoms with Crippen LogP contribution in [0.4, 0.5) is 11.6 Å². The first-order valence-electron chi connectivity index (χ1n) is 6.05. The molecule has 1 aliphatic heterocycles. The molecule has 0 amide bonds. The van der Waals surface area contributed by atoms with Gasteiger partial charge in [0.1, 0.15) is 11.6 Å². The van der Waals surface area contributed by atoms with E-state index in [1.54, 1.807) is 6.07 Å². The largest absolute Gasteiger partial charge is 0.382 e. The van der Waals surface area contributed by atoms with Crippen molar-refractivity contribution < 1.29 is 0 Å². The minimum atomic E-state index is 0.355. The van der Waals surface area contributed by atoms with Gasteiger partial charge in [-0.25, -0.2) is 4.98 Å². The zero-order chi connectivity index (χ0) is 12.3. The molecule has 0 unspecified atom stereocenters. The Morgan fingerprint density at radius 3 is 2.24 bits per heavy atom. The fraction of sp³-hybridized carbons (Fsp3) is 0.583. The van der Waals surface area contributed by atoms with E-state index in [0.29, 0.717) is 15.9 Å². The molecule has 0 aromatic carbocycles. The first-order chi connectivity index (χ1) is 8.18. The summed E-state index contributed by atoms with van der Waals surface area (Å²) < 4.78 is 0. The fourth-order valence-electron chi connectivity index (χ4n) is 2.15. The van der Waals surface area contributed by atoms with E-state index in [0.717, 1.165) is 18.9 Å². The molecule has 2 rings (SSSR count). The second-order valence-electron chi connectivity index (χ2n) is 4.42. The zero-order valence-corrected chi connectivity index (χ0v) is 11.3. The summed E-state index contributed by atoms with van der Waals surface area (Å²) in [5, 5.41) is 1.01. The van der Waals surface area contributed by atoms with Gasteiger partial charge in [0.05, 0.1) is 10.0 Å². The Morgan fingerprint density at radius 1 is 1.00 bits per heavy atom. The van der Waals surface area contributed by atoms with Crippen LogP contribution < -0.4 is 10.6 Å². The molecular formula is C12H17Cl2N3. The highest BCUT2D eigenvalue weighted by atomic mass is 35.5. The van der Waals surface area contributed by atoms with Gasteiger partial charge in [0.2, 0.25) is 0 Å². The van der Waals surface area contributed by atoms with Gasteiger partial charge in [0.25, 0.3) is 0 Å². The van der Waals surface area contributed by atoms with Gasteiger partial charge in [0.15, 0.2) is 0 Å². The Hall–Kier alpha value is -0.670. The lowest BCUT2D eigenvalue weighted by molar-refractivity contribution is 0.554. The molecule has 1 aromatic rings. The van der Waals surface area contributed by atoms with Gasteiger partial charge in [-0.05, 0) is 18.9 Å². The molecular weight excluding hydrogens is 257 g/mol. The normalized spacial score (nSPS) is 17.6. The van der Waals surface area contributed by atoms with Crippen LogP contribution in [0.5, 0.6) is 0 Å². The number of hydrogen-bond acceptors (Lipinski definition) is 3. The molecule has 0 saturated carbocycles. The third kappa shape index (κ3) is 3.17. The second-order valence-corrected chi connectivity index (χ2v) is 5.23. The smallest absolute Gasteiger partial charge is 0.149 e. The Kier molecular flexibility index (Phi) is 4.35. The molecule has 1 aliphatic rings. The van der Waals surface area contributed by atoms with Crippen LogP contribution in [0.25, 0.3) is 0 Å². The van der Waals surface area contributed by atoms with Gasteiger partial charge in [-0.15, -0.1) is 0 Å². The molecule has 1 aromatic heterocycles. The highest BCUT2D eigenvalue weighted by Crippen LogP contribution is 2.31. The predicted molar refractivity (Wildman–Crippen MR) is 74.0 cm³/mol. The number of anilines is 2. The van der Waals surface area contributed by atoms with Crippen molar-refractivity contribution >= 4 is 34.8 Å². The van der Waals surface area contributed by atoms with E-state index in [2.05, 4.69) is 9.88 Å². The van der Waals surface area contributed by atoms with Gasteiger partial charge in [-0.1, -0.05) is 42.5 Å². The zero-order valence-electron chi connectivity index (χ0n) is 9.75. The third-order valence-corrected chi connectivity index (χ3v) is 3.67. The quantitative estimate of drug-likeness (QED) is 0.848. The van der Waals surface area contributed by atoms with E-state index in [1.165, 1.54) is 32.1 Å². The molecule has 2 heterocycles. The average Bonchev–Trinajstić information content (AvgIpc) is 2.24. The summed E-state index contributed by atoms with van der Waals surface area (Å²) in [6.45, 7) is 1.99. The minimum absolute atomic E-state index is 0.355. The molecule has 0 atom stereocenters. The number of nitrogen functional groups attached to an aromatic ring is 1. The number of nitrogens with two attached hydrogens (primary N) is 1. The first-order valence-corrected chi connectivity index (χ1v) is 6.80. The van der Waals surface area contributed by atoms with Crippen molar-refractivity contribution in [2.75, 3.05) is 23.7 Å². The van der Waals surface area contributed by atoms with E-state index < -0.39 is 0 Å². The van der Waals surface area contributed by atoms with Gasteiger partial charge in [-0.3, -0.25) is 0 Å². The maximum absolute atomic E-state index is 6.18. The Bertz CT molecular complexity index is 388. The number of halogens is 2. The monoisotopic (exact) mass is 273 g/mol. The molecule has 2 N–H and O–H groups in total. The van der Waals surface area contributed by atoms with E-state index in [-0.39, 0.29) is 0 Å². The number of nitrogens with zero attached hydrogens (tertiary/aromatic N) is 2. The molecule has 1 fully saturated rings. The summed E-state index contributed by atoms with van der Waals surface area (Å²) in [5.41, 5.74) is 5.74. The Labute approximate surface area is 112 Å². The summed E-state index contributed by atoms with van der Waals surface area (Å²) in [5.74, 6) is 1.13. The Balaban J connectivity index is 2.21. The second kappa shape index (κ2) is 5.78. The van der Waals surface area contributed by atoms with Crippen molar-refractivity contribution in [1.82, 2.24) is 4.98 Å². The molecule has 0 bridgehead atoms. The minimum Gasteiger partial charge on any atom is -0.382 e. The Morgan fingerprint density at radius 2 is 1.59 bits per heavy atom. The van der Waals surface area contributed by atoms with Gasteiger partial charge in [0, 0.05) is 13.1 Å². The van der Waals surface area contributed by atoms with Gasteiger partial charge >= 0.3 is 0 Å². The maximum Gasteiger partial charge on any atom is 0.149 e. The van der Waals surface area contributed by atoms with E-state index in [4.69, 9.17) is 28.9 Å². The van der Waals surface area contributed by atoms with Crippen LogP contribution >= 0.6 is 23.2 Å². The van der Waals surface area contributed by atoms with Crippen LogP contribution in [0.15, 0.2) is 6.07 Å². The molecule has 5 heteroatoms. The summed E-state index contributed by atoms with van der Waals surface area (Å²) in [7, 11) is 0. The van der Waals surface area contributed by atoms with E-state index in [1.807, 2.05) is 0 Å². The van der Waals surface area contributed by atoms with Crippen molar-refractivity contribution in [3.05, 3.63) is 16.1 Å². The average molecular weight is 274 g/mol. The molecule has 3 nitrogen and oxygen atoms in total. The van der Waals surface area contributed by atoms with Crippen LogP contribution in [0, 0.1) is 0 Å². The highest BCUT2D eigenvalue weighted by molar-refractivity contribution is 6.37. The predicted octanol–water partition coefficient (Wildman–Crippen LogP) is 3.74. The van der Waals surface area contributed by atoms with Crippen LogP contribution in [0.3, 0.4) is 0 Å². The number of rotatable bonds is 1.